The van der Waals surface area contributed by atoms with Gasteiger partial charge in [0.05, 0.1) is 11.1 Å². The van der Waals surface area contributed by atoms with E-state index in [1.807, 2.05) is 0 Å². The predicted molar refractivity (Wildman–Crippen MR) is 135 cm³/mol. The number of rotatable bonds is 7. The van der Waals surface area contributed by atoms with E-state index in [-0.39, 0.29) is 24.2 Å². The maximum Gasteiger partial charge on any atom is 0.435 e. The molecule has 206 valence electrons. The van der Waals surface area contributed by atoms with E-state index in [1.165, 1.54) is 11.0 Å². The van der Waals surface area contributed by atoms with Gasteiger partial charge in [0, 0.05) is 40.3 Å². The molecule has 0 spiro atoms. The molecule has 0 unspecified atom stereocenters. The molecule has 1 N–H and O–H groups in total. The number of benzene rings is 3. The van der Waals surface area contributed by atoms with Gasteiger partial charge in [-0.15, -0.1) is 0 Å². The normalized spacial score (nSPS) is 12.6. The average molecular weight is 591 g/mol. The number of carbonyl (C=O) groups is 1. The van der Waals surface area contributed by atoms with E-state index in [2.05, 4.69) is 4.98 Å². The molecule has 12 heteroatoms. The summed E-state index contributed by atoms with van der Waals surface area (Å²) in [6.07, 6.45) is -10.5. The minimum absolute atomic E-state index is 0.134. The highest BCUT2D eigenvalue weighted by molar-refractivity contribution is 6.32. The number of aromatic nitrogens is 1. The van der Waals surface area contributed by atoms with Crippen LogP contribution in [0, 0.1) is 0 Å². The van der Waals surface area contributed by atoms with Gasteiger partial charge in [0.15, 0.2) is 0 Å². The highest BCUT2D eigenvalue weighted by Gasteiger charge is 2.73. The van der Waals surface area contributed by atoms with Gasteiger partial charge >= 0.3 is 18.0 Å². The molecule has 0 bridgehead atoms. The van der Waals surface area contributed by atoms with Gasteiger partial charge in [-0.1, -0.05) is 59.6 Å². The number of hydrogen-bond acceptors (Lipinski definition) is 1. The van der Waals surface area contributed by atoms with E-state index in [0.717, 1.165) is 17.7 Å². The molecule has 0 aliphatic carbocycles. The molecule has 1 amide bonds. The summed E-state index contributed by atoms with van der Waals surface area (Å²) in [4.78, 5) is 18.0. The molecule has 3 aromatic carbocycles. The zero-order valence-electron chi connectivity index (χ0n) is 19.8. The minimum Gasteiger partial charge on any atom is -0.361 e. The van der Waals surface area contributed by atoms with Crippen LogP contribution in [0.3, 0.4) is 0 Å². The topological polar surface area (TPSA) is 36.1 Å². The third-order valence-electron chi connectivity index (χ3n) is 6.23. The van der Waals surface area contributed by atoms with Crippen molar-refractivity contribution >= 4 is 40.0 Å². The maximum absolute atomic E-state index is 14.4. The Morgan fingerprint density at radius 1 is 0.769 bits per heavy atom. The quantitative estimate of drug-likeness (QED) is 0.215. The lowest BCUT2D eigenvalue weighted by atomic mass is 9.93. The molecule has 39 heavy (non-hydrogen) atoms. The number of nitrogens with one attached hydrogen (secondary N) is 1. The Hall–Kier alpha value is -3.24. The lowest BCUT2D eigenvalue weighted by Crippen LogP contribution is -2.50. The van der Waals surface area contributed by atoms with E-state index in [9.17, 15) is 35.5 Å². The molecule has 1 heterocycles. The van der Waals surface area contributed by atoms with Crippen LogP contribution in [-0.2, 0) is 18.6 Å². The summed E-state index contributed by atoms with van der Waals surface area (Å²) in [6, 6.07) is 14.4. The Morgan fingerprint density at radius 2 is 1.36 bits per heavy atom. The van der Waals surface area contributed by atoms with Crippen molar-refractivity contribution in [2.24, 2.45) is 0 Å². The van der Waals surface area contributed by atoms with Gasteiger partial charge in [-0.25, -0.2) is 4.39 Å². The fourth-order valence-corrected chi connectivity index (χ4v) is 4.54. The number of alkyl halides is 7. The Balaban J connectivity index is 1.66. The van der Waals surface area contributed by atoms with Crippen molar-refractivity contribution in [2.75, 3.05) is 6.54 Å². The summed E-state index contributed by atoms with van der Waals surface area (Å²) >= 11 is 12.1. The predicted octanol–water partition coefficient (Wildman–Crippen LogP) is 8.65. The number of carbonyl (C=O) groups excluding carboxylic acids is 1. The molecule has 1 aromatic heterocycles. The molecule has 0 atom stereocenters. The first-order valence-electron chi connectivity index (χ1n) is 11.4. The third kappa shape index (κ3) is 5.86. The first-order valence-corrected chi connectivity index (χ1v) is 12.2. The highest BCUT2D eigenvalue weighted by atomic mass is 35.5. The van der Waals surface area contributed by atoms with Crippen LogP contribution in [-0.4, -0.2) is 34.7 Å². The number of aromatic amines is 1. The molecule has 0 aliphatic heterocycles. The average Bonchev–Trinajstić information content (AvgIpc) is 3.33. The van der Waals surface area contributed by atoms with Gasteiger partial charge in [0.2, 0.25) is 0 Å². The smallest absolute Gasteiger partial charge is 0.361 e. The number of H-pyrrole nitrogens is 1. The zero-order valence-corrected chi connectivity index (χ0v) is 21.3. The number of amides is 1. The Labute approximate surface area is 228 Å². The summed E-state index contributed by atoms with van der Waals surface area (Å²) in [6.45, 7) is -0.0478. The highest BCUT2D eigenvalue weighted by Crippen LogP contribution is 2.53. The van der Waals surface area contributed by atoms with Crippen molar-refractivity contribution in [1.82, 2.24) is 9.88 Å². The monoisotopic (exact) mass is 590 g/mol. The summed E-state index contributed by atoms with van der Waals surface area (Å²) in [5, 5.41) is 1.49. The molecular weight excluding hydrogens is 572 g/mol. The second-order valence-corrected chi connectivity index (χ2v) is 9.72. The molecule has 0 saturated carbocycles. The lowest BCUT2D eigenvalue weighted by Gasteiger charge is -2.30. The molecule has 0 radical (unpaired) electrons. The first-order chi connectivity index (χ1) is 18.2. The first kappa shape index (κ1) is 28.8. The number of nitrogens with zero attached hydrogens (tertiary/aromatic N) is 1. The van der Waals surface area contributed by atoms with Crippen LogP contribution < -0.4 is 0 Å². The molecule has 0 aliphatic rings. The Bertz CT molecular complexity index is 1450. The van der Waals surface area contributed by atoms with Crippen molar-refractivity contribution in [3.8, 4) is 0 Å². The molecule has 4 aromatic rings. The SMILES string of the molecule is O=C(c1cc(Cl)cc2cc[nH]c12)N(CCc1ccc(Cl)cc1)Cc1ccc(C(F)(C(F)(F)F)C(F)(F)F)cc1. The van der Waals surface area contributed by atoms with Crippen molar-refractivity contribution < 1.29 is 35.5 Å². The number of fused-ring (bicyclic) bond motifs is 1. The van der Waals surface area contributed by atoms with Gasteiger partial charge < -0.3 is 9.88 Å². The Kier molecular flexibility index (Phi) is 7.91. The second kappa shape index (κ2) is 10.7. The van der Waals surface area contributed by atoms with Crippen LogP contribution in [0.1, 0.15) is 27.0 Å². The number of halogens is 9. The molecular formula is C27H19Cl2F7N2O. The Morgan fingerprint density at radius 3 is 1.95 bits per heavy atom. The molecule has 3 nitrogen and oxygen atoms in total. The van der Waals surface area contributed by atoms with E-state index >= 15 is 0 Å². The van der Waals surface area contributed by atoms with Crippen molar-refractivity contribution in [3.63, 3.8) is 0 Å². The van der Waals surface area contributed by atoms with Crippen LogP contribution in [0.25, 0.3) is 10.9 Å². The number of hydrogen-bond donors (Lipinski definition) is 1. The van der Waals surface area contributed by atoms with Crippen molar-refractivity contribution in [1.29, 1.82) is 0 Å². The standard InChI is InChI=1S/C27H19Cl2F7N2O/c28-20-7-3-16(4-8-20)10-12-38(24(39)22-14-21(29)13-18-9-11-37-23(18)22)15-17-1-5-19(6-2-17)25(30,26(31,32)33)27(34,35)36/h1-9,11,13-14,37H,10,12,15H2. The van der Waals surface area contributed by atoms with Crippen LogP contribution in [0.15, 0.2) is 72.9 Å². The maximum atomic E-state index is 14.4. The fourth-order valence-electron chi connectivity index (χ4n) is 4.19. The van der Waals surface area contributed by atoms with Crippen LogP contribution in [0.2, 0.25) is 10.0 Å². The van der Waals surface area contributed by atoms with E-state index < -0.39 is 29.5 Å². The third-order valence-corrected chi connectivity index (χ3v) is 6.70. The van der Waals surface area contributed by atoms with Crippen LogP contribution in [0.5, 0.6) is 0 Å². The van der Waals surface area contributed by atoms with Gasteiger partial charge in [0.25, 0.3) is 5.91 Å². The zero-order chi connectivity index (χ0) is 28.6. The minimum atomic E-state index is -6.22. The van der Waals surface area contributed by atoms with Crippen LogP contribution >= 0.6 is 23.2 Å². The van der Waals surface area contributed by atoms with Gasteiger partial charge in [-0.2, -0.15) is 26.3 Å². The van der Waals surface area contributed by atoms with Crippen LogP contribution in [0.4, 0.5) is 30.7 Å². The van der Waals surface area contributed by atoms with Gasteiger partial charge in [-0.3, -0.25) is 4.79 Å². The van der Waals surface area contributed by atoms with E-state index in [1.54, 1.807) is 42.6 Å². The summed E-state index contributed by atoms with van der Waals surface area (Å²) in [5.74, 6) is -0.478. The lowest BCUT2D eigenvalue weighted by molar-refractivity contribution is -0.348. The summed E-state index contributed by atoms with van der Waals surface area (Å²) in [7, 11) is 0. The largest absolute Gasteiger partial charge is 0.435 e. The van der Waals surface area contributed by atoms with Gasteiger partial charge in [-0.05, 0) is 47.9 Å². The molecule has 4 rings (SSSR count). The second-order valence-electron chi connectivity index (χ2n) is 8.85. The molecule has 0 fully saturated rings. The molecule has 0 saturated heterocycles. The van der Waals surface area contributed by atoms with Crippen molar-refractivity contribution in [2.45, 2.75) is 31.0 Å². The van der Waals surface area contributed by atoms with Crippen molar-refractivity contribution in [3.05, 3.63) is 105 Å². The fraction of sp³-hybridized carbons (Fsp3) is 0.222. The summed E-state index contributed by atoms with van der Waals surface area (Å²) < 4.78 is 93.3. The van der Waals surface area contributed by atoms with E-state index in [4.69, 9.17) is 23.2 Å². The summed E-state index contributed by atoms with van der Waals surface area (Å²) in [5.41, 5.74) is -5.38. The van der Waals surface area contributed by atoms with Gasteiger partial charge in [0.1, 0.15) is 0 Å². The van der Waals surface area contributed by atoms with E-state index in [0.29, 0.717) is 39.5 Å².